The van der Waals surface area contributed by atoms with Crippen molar-refractivity contribution in [3.63, 3.8) is 0 Å². The van der Waals surface area contributed by atoms with E-state index in [2.05, 4.69) is 21.5 Å². The van der Waals surface area contributed by atoms with E-state index in [1.165, 1.54) is 18.5 Å². The van der Waals surface area contributed by atoms with E-state index in [9.17, 15) is 8.42 Å². The van der Waals surface area contributed by atoms with Crippen molar-refractivity contribution in [3.05, 3.63) is 24.0 Å². The van der Waals surface area contributed by atoms with Crippen LogP contribution in [0.2, 0.25) is 0 Å². The number of aromatic nitrogens is 1. The summed E-state index contributed by atoms with van der Waals surface area (Å²) in [4.78, 5) is 4.01. The van der Waals surface area contributed by atoms with E-state index in [1.807, 2.05) is 20.1 Å². The number of nitrogens with one attached hydrogen (secondary N) is 1. The number of rotatable bonds is 5. The molecule has 7 heteroatoms. The number of pyridine rings is 1. The van der Waals surface area contributed by atoms with Gasteiger partial charge in [0, 0.05) is 29.2 Å². The summed E-state index contributed by atoms with van der Waals surface area (Å²) in [6.07, 6.45) is 4.76. The lowest BCUT2D eigenvalue weighted by Gasteiger charge is -2.22. The van der Waals surface area contributed by atoms with Gasteiger partial charge < -0.3 is 5.73 Å². The van der Waals surface area contributed by atoms with Gasteiger partial charge in [0.25, 0.3) is 0 Å². The number of hydrogen-bond acceptors (Lipinski definition) is 5. The van der Waals surface area contributed by atoms with Crippen LogP contribution in [0.4, 0.5) is 0 Å². The van der Waals surface area contributed by atoms with Crippen LogP contribution in [0, 0.1) is 11.8 Å². The monoisotopic (exact) mass is 313 g/mol. The summed E-state index contributed by atoms with van der Waals surface area (Å²) < 4.78 is 26.8. The SMILES string of the molecule is CSC(C)(C)CNS(=O)(=O)c1cncc(C#CCN)c1. The number of hydrogen-bond donors (Lipinski definition) is 2. The smallest absolute Gasteiger partial charge is 0.242 e. The van der Waals surface area contributed by atoms with Gasteiger partial charge in [-0.3, -0.25) is 4.98 Å². The molecule has 0 aliphatic heterocycles. The minimum Gasteiger partial charge on any atom is -0.320 e. The average molecular weight is 313 g/mol. The van der Waals surface area contributed by atoms with E-state index in [0.29, 0.717) is 12.1 Å². The molecule has 0 aliphatic carbocycles. The van der Waals surface area contributed by atoms with E-state index in [-0.39, 0.29) is 16.2 Å². The van der Waals surface area contributed by atoms with Gasteiger partial charge in [-0.25, -0.2) is 13.1 Å². The van der Waals surface area contributed by atoms with E-state index in [0.717, 1.165) is 0 Å². The third-order valence-corrected chi connectivity index (χ3v) is 5.22. The standard InChI is InChI=1S/C13H19N3O2S2/c1-13(2,19-3)10-16-20(17,18)12-7-11(5-4-6-14)8-15-9-12/h7-9,16H,6,10,14H2,1-3H3. The lowest BCUT2D eigenvalue weighted by Crippen LogP contribution is -2.36. The molecule has 0 aliphatic rings. The third kappa shape index (κ3) is 5.13. The minimum atomic E-state index is -3.58. The Morgan fingerprint density at radius 3 is 2.75 bits per heavy atom. The van der Waals surface area contributed by atoms with Crippen LogP contribution in [0.5, 0.6) is 0 Å². The van der Waals surface area contributed by atoms with Crippen LogP contribution in [0.25, 0.3) is 0 Å². The summed E-state index contributed by atoms with van der Waals surface area (Å²) in [5.41, 5.74) is 5.81. The zero-order chi connectivity index (χ0) is 15.2. The van der Waals surface area contributed by atoms with Crippen molar-refractivity contribution < 1.29 is 8.42 Å². The van der Waals surface area contributed by atoms with Crippen LogP contribution in [-0.4, -0.2) is 37.5 Å². The lowest BCUT2D eigenvalue weighted by atomic mass is 10.2. The highest BCUT2D eigenvalue weighted by Gasteiger charge is 2.21. The predicted octanol–water partition coefficient (Wildman–Crippen LogP) is 0.812. The largest absolute Gasteiger partial charge is 0.320 e. The van der Waals surface area contributed by atoms with Crippen LogP contribution in [0.1, 0.15) is 19.4 Å². The molecule has 1 aromatic heterocycles. The second-order valence-electron chi connectivity index (χ2n) is 4.70. The molecule has 0 saturated carbocycles. The van der Waals surface area contributed by atoms with Crippen molar-refractivity contribution in [2.75, 3.05) is 19.3 Å². The second kappa shape index (κ2) is 7.09. The molecule has 0 atom stereocenters. The van der Waals surface area contributed by atoms with Crippen molar-refractivity contribution in [1.29, 1.82) is 0 Å². The number of nitrogens with zero attached hydrogens (tertiary/aromatic N) is 1. The van der Waals surface area contributed by atoms with Crippen LogP contribution in [0.15, 0.2) is 23.4 Å². The fourth-order valence-electron chi connectivity index (χ4n) is 1.21. The molecule has 1 rings (SSSR count). The van der Waals surface area contributed by atoms with Gasteiger partial charge in [-0.15, -0.1) is 0 Å². The molecule has 3 N–H and O–H groups in total. The quantitative estimate of drug-likeness (QED) is 0.786. The summed E-state index contributed by atoms with van der Waals surface area (Å²) >= 11 is 1.60. The summed E-state index contributed by atoms with van der Waals surface area (Å²) in [6.45, 7) is 4.51. The molecule has 0 saturated heterocycles. The molecule has 0 unspecified atom stereocenters. The summed E-state index contributed by atoms with van der Waals surface area (Å²) in [7, 11) is -3.58. The van der Waals surface area contributed by atoms with E-state index in [1.54, 1.807) is 11.8 Å². The topological polar surface area (TPSA) is 85.1 Å². The number of sulfonamides is 1. The summed E-state index contributed by atoms with van der Waals surface area (Å²) in [6, 6.07) is 1.49. The lowest BCUT2D eigenvalue weighted by molar-refractivity contribution is 0.570. The van der Waals surface area contributed by atoms with Crippen LogP contribution >= 0.6 is 11.8 Å². The Morgan fingerprint density at radius 2 is 2.15 bits per heavy atom. The Bertz CT molecular complexity index is 616. The van der Waals surface area contributed by atoms with E-state index < -0.39 is 10.0 Å². The molecule has 0 radical (unpaired) electrons. The zero-order valence-electron chi connectivity index (χ0n) is 11.8. The summed E-state index contributed by atoms with van der Waals surface area (Å²) in [5, 5.41) is 0. The molecule has 0 spiro atoms. The highest BCUT2D eigenvalue weighted by Crippen LogP contribution is 2.20. The Balaban J connectivity index is 2.93. The molecular weight excluding hydrogens is 294 g/mol. The number of thioether (sulfide) groups is 1. The third-order valence-electron chi connectivity index (χ3n) is 2.60. The molecule has 1 aromatic rings. The molecule has 0 amide bonds. The Kier molecular flexibility index (Phi) is 6.02. The molecular formula is C13H19N3O2S2. The van der Waals surface area contributed by atoms with Gasteiger partial charge in [0.2, 0.25) is 10.0 Å². The van der Waals surface area contributed by atoms with Gasteiger partial charge in [-0.1, -0.05) is 11.8 Å². The first kappa shape index (κ1) is 17.0. The maximum absolute atomic E-state index is 12.2. The molecule has 20 heavy (non-hydrogen) atoms. The Hall–Kier alpha value is -1.07. The van der Waals surface area contributed by atoms with Gasteiger partial charge in [0.15, 0.2) is 0 Å². The normalized spacial score (nSPS) is 11.8. The maximum atomic E-state index is 12.2. The first-order chi connectivity index (χ1) is 9.30. The average Bonchev–Trinajstić information content (AvgIpc) is 2.43. The van der Waals surface area contributed by atoms with Gasteiger partial charge in [-0.05, 0) is 26.2 Å². The molecule has 0 fully saturated rings. The fraction of sp³-hybridized carbons (Fsp3) is 0.462. The molecule has 0 bridgehead atoms. The maximum Gasteiger partial charge on any atom is 0.242 e. The molecule has 0 aromatic carbocycles. The predicted molar refractivity (Wildman–Crippen MR) is 83.0 cm³/mol. The first-order valence-electron chi connectivity index (χ1n) is 5.99. The first-order valence-corrected chi connectivity index (χ1v) is 8.70. The Morgan fingerprint density at radius 1 is 1.45 bits per heavy atom. The highest BCUT2D eigenvalue weighted by atomic mass is 32.2. The van der Waals surface area contributed by atoms with E-state index >= 15 is 0 Å². The van der Waals surface area contributed by atoms with Crippen LogP contribution in [0.3, 0.4) is 0 Å². The van der Waals surface area contributed by atoms with Gasteiger partial charge in [0.05, 0.1) is 6.54 Å². The molecule has 5 nitrogen and oxygen atoms in total. The van der Waals surface area contributed by atoms with Crippen LogP contribution < -0.4 is 10.5 Å². The number of nitrogens with two attached hydrogens (primary N) is 1. The van der Waals surface area contributed by atoms with Crippen molar-refractivity contribution in [3.8, 4) is 11.8 Å². The second-order valence-corrected chi connectivity index (χ2v) is 7.98. The van der Waals surface area contributed by atoms with Crippen molar-refractivity contribution in [2.45, 2.75) is 23.5 Å². The summed E-state index contributed by atoms with van der Waals surface area (Å²) in [5.74, 6) is 5.43. The molecule has 110 valence electrons. The van der Waals surface area contributed by atoms with Gasteiger partial charge in [0.1, 0.15) is 4.90 Å². The molecule has 1 heterocycles. The van der Waals surface area contributed by atoms with E-state index in [4.69, 9.17) is 5.73 Å². The highest BCUT2D eigenvalue weighted by molar-refractivity contribution is 8.00. The van der Waals surface area contributed by atoms with Gasteiger partial charge in [-0.2, -0.15) is 11.8 Å². The van der Waals surface area contributed by atoms with Crippen molar-refractivity contribution in [2.24, 2.45) is 5.73 Å². The van der Waals surface area contributed by atoms with Crippen molar-refractivity contribution >= 4 is 21.8 Å². The minimum absolute atomic E-state index is 0.109. The zero-order valence-corrected chi connectivity index (χ0v) is 13.4. The van der Waals surface area contributed by atoms with Crippen molar-refractivity contribution in [1.82, 2.24) is 9.71 Å². The van der Waals surface area contributed by atoms with Crippen LogP contribution in [-0.2, 0) is 10.0 Å². The Labute approximate surface area is 124 Å². The van der Waals surface area contributed by atoms with Gasteiger partial charge >= 0.3 is 0 Å². The fourth-order valence-corrected chi connectivity index (χ4v) is 2.72.